The van der Waals surface area contributed by atoms with Crippen molar-refractivity contribution in [3.05, 3.63) is 11.6 Å². The predicted molar refractivity (Wildman–Crippen MR) is 64.3 cm³/mol. The Bertz CT molecular complexity index is 375. The van der Waals surface area contributed by atoms with Crippen LogP contribution in [-0.4, -0.2) is 45.5 Å². The van der Waals surface area contributed by atoms with Gasteiger partial charge in [0.05, 0.1) is 12.6 Å². The fourth-order valence-electron chi connectivity index (χ4n) is 2.04. The van der Waals surface area contributed by atoms with Gasteiger partial charge >= 0.3 is 12.1 Å². The van der Waals surface area contributed by atoms with E-state index in [0.29, 0.717) is 13.0 Å². The lowest BCUT2D eigenvalue weighted by atomic mass is 10.1. The Kier molecular flexibility index (Phi) is 4.34. The molecule has 18 heavy (non-hydrogen) atoms. The maximum absolute atomic E-state index is 11.2. The van der Waals surface area contributed by atoms with Crippen LogP contribution in [0.15, 0.2) is 11.6 Å². The SMILES string of the molecule is CC(=C[C@@H]1COC(C)(C)N1C(=O)O)CCC(=O)O. The zero-order chi connectivity index (χ0) is 13.9. The molecule has 0 aliphatic carbocycles. The van der Waals surface area contributed by atoms with Crippen LogP contribution in [0.2, 0.25) is 0 Å². The van der Waals surface area contributed by atoms with Crippen molar-refractivity contribution < 1.29 is 24.5 Å². The Balaban J connectivity index is 2.74. The summed E-state index contributed by atoms with van der Waals surface area (Å²) in [6.45, 7) is 5.49. The van der Waals surface area contributed by atoms with Crippen LogP contribution in [0.4, 0.5) is 4.79 Å². The summed E-state index contributed by atoms with van der Waals surface area (Å²) in [7, 11) is 0. The van der Waals surface area contributed by atoms with Crippen molar-refractivity contribution in [1.82, 2.24) is 4.90 Å². The molecule has 0 aromatic rings. The number of carbonyl (C=O) groups is 2. The molecule has 2 N–H and O–H groups in total. The lowest BCUT2D eigenvalue weighted by Crippen LogP contribution is -2.46. The number of hydrogen-bond acceptors (Lipinski definition) is 3. The van der Waals surface area contributed by atoms with E-state index in [9.17, 15) is 14.7 Å². The summed E-state index contributed by atoms with van der Waals surface area (Å²) in [6, 6.07) is -0.355. The molecule has 1 saturated heterocycles. The Morgan fingerprint density at radius 1 is 1.39 bits per heavy atom. The molecule has 0 unspecified atom stereocenters. The average Bonchev–Trinajstić information content (AvgIpc) is 2.50. The predicted octanol–water partition coefficient (Wildman–Crippen LogP) is 1.91. The van der Waals surface area contributed by atoms with Gasteiger partial charge in [0.15, 0.2) is 0 Å². The minimum Gasteiger partial charge on any atom is -0.481 e. The number of rotatable bonds is 4. The van der Waals surface area contributed by atoms with Crippen LogP contribution in [0.1, 0.15) is 33.6 Å². The van der Waals surface area contributed by atoms with Crippen molar-refractivity contribution in [3.8, 4) is 0 Å². The van der Waals surface area contributed by atoms with Crippen molar-refractivity contribution >= 4 is 12.1 Å². The molecule has 6 heteroatoms. The Hall–Kier alpha value is -1.56. The first kappa shape index (κ1) is 14.5. The third-order valence-corrected chi connectivity index (χ3v) is 2.94. The number of ether oxygens (including phenoxy) is 1. The number of aliphatic carboxylic acids is 1. The highest BCUT2D eigenvalue weighted by molar-refractivity contribution is 5.67. The summed E-state index contributed by atoms with van der Waals surface area (Å²) in [5, 5.41) is 17.8. The molecular weight excluding hydrogens is 238 g/mol. The summed E-state index contributed by atoms with van der Waals surface area (Å²) in [5.74, 6) is -0.860. The summed E-state index contributed by atoms with van der Waals surface area (Å²) in [6.07, 6.45) is 1.20. The number of carboxylic acid groups (broad SMARTS) is 2. The van der Waals surface area contributed by atoms with Gasteiger partial charge < -0.3 is 14.9 Å². The molecule has 1 aliphatic rings. The van der Waals surface area contributed by atoms with E-state index >= 15 is 0 Å². The number of carboxylic acids is 1. The second-order valence-electron chi connectivity index (χ2n) is 4.88. The molecule has 102 valence electrons. The molecule has 1 atom stereocenters. The van der Waals surface area contributed by atoms with Crippen LogP contribution in [0.3, 0.4) is 0 Å². The summed E-state index contributed by atoms with van der Waals surface area (Å²) in [4.78, 5) is 22.9. The molecule has 0 radical (unpaired) electrons. The van der Waals surface area contributed by atoms with Gasteiger partial charge in [-0.15, -0.1) is 0 Å². The van der Waals surface area contributed by atoms with Gasteiger partial charge in [0.2, 0.25) is 0 Å². The molecule has 0 bridgehead atoms. The van der Waals surface area contributed by atoms with Crippen molar-refractivity contribution in [1.29, 1.82) is 0 Å². The fourth-order valence-corrected chi connectivity index (χ4v) is 2.04. The van der Waals surface area contributed by atoms with Crippen LogP contribution in [-0.2, 0) is 9.53 Å². The lowest BCUT2D eigenvalue weighted by molar-refractivity contribution is -0.136. The van der Waals surface area contributed by atoms with Crippen LogP contribution >= 0.6 is 0 Å². The highest BCUT2D eigenvalue weighted by atomic mass is 16.5. The molecule has 1 aliphatic heterocycles. The summed E-state index contributed by atoms with van der Waals surface area (Å²) in [5.41, 5.74) is 0.00929. The second kappa shape index (κ2) is 5.39. The van der Waals surface area contributed by atoms with Crippen LogP contribution in [0.25, 0.3) is 0 Å². The van der Waals surface area contributed by atoms with Crippen LogP contribution < -0.4 is 0 Å². The lowest BCUT2D eigenvalue weighted by Gasteiger charge is -2.30. The molecule has 1 heterocycles. The fraction of sp³-hybridized carbons (Fsp3) is 0.667. The standard InChI is InChI=1S/C12H19NO5/c1-8(4-5-10(14)15)6-9-7-18-12(2,3)13(9)11(16)17/h6,9H,4-5,7H2,1-3H3,(H,14,15)(H,16,17)/t9-/m1/s1. The van der Waals surface area contributed by atoms with Gasteiger partial charge in [-0.2, -0.15) is 0 Å². The van der Waals surface area contributed by atoms with E-state index in [0.717, 1.165) is 5.57 Å². The maximum atomic E-state index is 11.2. The minimum absolute atomic E-state index is 0.0480. The Morgan fingerprint density at radius 3 is 2.50 bits per heavy atom. The van der Waals surface area contributed by atoms with Crippen LogP contribution in [0.5, 0.6) is 0 Å². The molecule has 1 fully saturated rings. The van der Waals surface area contributed by atoms with Crippen molar-refractivity contribution in [2.24, 2.45) is 0 Å². The molecule has 0 saturated carbocycles. The van der Waals surface area contributed by atoms with Crippen molar-refractivity contribution in [2.45, 2.75) is 45.4 Å². The third kappa shape index (κ3) is 3.46. The first-order chi connectivity index (χ1) is 8.24. The Morgan fingerprint density at radius 2 is 2.00 bits per heavy atom. The van der Waals surface area contributed by atoms with E-state index in [-0.39, 0.29) is 12.5 Å². The summed E-state index contributed by atoms with van der Waals surface area (Å²) >= 11 is 0. The minimum atomic E-state index is -1.04. The topological polar surface area (TPSA) is 87.1 Å². The smallest absolute Gasteiger partial charge is 0.410 e. The van der Waals surface area contributed by atoms with Crippen molar-refractivity contribution in [3.63, 3.8) is 0 Å². The van der Waals surface area contributed by atoms with E-state index in [4.69, 9.17) is 9.84 Å². The summed E-state index contributed by atoms with van der Waals surface area (Å²) < 4.78 is 5.44. The van der Waals surface area contributed by atoms with Gasteiger partial charge in [0, 0.05) is 6.42 Å². The van der Waals surface area contributed by atoms with Gasteiger partial charge in [0.1, 0.15) is 5.72 Å². The quantitative estimate of drug-likeness (QED) is 0.751. The number of nitrogens with zero attached hydrogens (tertiary/aromatic N) is 1. The maximum Gasteiger partial charge on any atom is 0.410 e. The first-order valence-electron chi connectivity index (χ1n) is 5.79. The van der Waals surface area contributed by atoms with E-state index in [1.54, 1.807) is 26.8 Å². The molecule has 1 amide bonds. The largest absolute Gasteiger partial charge is 0.481 e. The Labute approximate surface area is 106 Å². The van der Waals surface area contributed by atoms with E-state index in [1.807, 2.05) is 0 Å². The highest BCUT2D eigenvalue weighted by Crippen LogP contribution is 2.28. The molecule has 6 nitrogen and oxygen atoms in total. The molecule has 0 aromatic carbocycles. The zero-order valence-electron chi connectivity index (χ0n) is 10.8. The van der Waals surface area contributed by atoms with E-state index in [1.165, 1.54) is 4.90 Å². The van der Waals surface area contributed by atoms with Crippen LogP contribution in [0, 0.1) is 0 Å². The normalized spacial score (nSPS) is 23.2. The van der Waals surface area contributed by atoms with Gasteiger partial charge in [0.25, 0.3) is 0 Å². The number of amides is 1. The average molecular weight is 257 g/mol. The highest BCUT2D eigenvalue weighted by Gasteiger charge is 2.42. The van der Waals surface area contributed by atoms with Gasteiger partial charge in [-0.3, -0.25) is 9.69 Å². The first-order valence-corrected chi connectivity index (χ1v) is 5.79. The number of allylic oxidation sites excluding steroid dienone is 1. The molecular formula is C12H19NO5. The zero-order valence-corrected chi connectivity index (χ0v) is 10.8. The van der Waals surface area contributed by atoms with Gasteiger partial charge in [-0.25, -0.2) is 4.79 Å². The third-order valence-electron chi connectivity index (χ3n) is 2.94. The van der Waals surface area contributed by atoms with Crippen molar-refractivity contribution in [2.75, 3.05) is 6.61 Å². The molecule has 1 rings (SSSR count). The monoisotopic (exact) mass is 257 g/mol. The molecule has 0 aromatic heterocycles. The van der Waals surface area contributed by atoms with Gasteiger partial charge in [-0.05, 0) is 27.2 Å². The van der Waals surface area contributed by atoms with E-state index in [2.05, 4.69) is 0 Å². The molecule has 0 spiro atoms. The van der Waals surface area contributed by atoms with Gasteiger partial charge in [-0.1, -0.05) is 11.6 Å². The number of hydrogen-bond donors (Lipinski definition) is 2. The second-order valence-corrected chi connectivity index (χ2v) is 4.88. The van der Waals surface area contributed by atoms with E-state index < -0.39 is 17.8 Å².